The van der Waals surface area contributed by atoms with E-state index in [1.165, 1.54) is 6.07 Å². The Morgan fingerprint density at radius 1 is 1.16 bits per heavy atom. The SMILES string of the molecule is OC(COc1cccc(Cl)c1)c1ccc(F)cc1F. The topological polar surface area (TPSA) is 29.5 Å². The molecule has 2 nitrogen and oxygen atoms in total. The van der Waals surface area contributed by atoms with Gasteiger partial charge >= 0.3 is 0 Å². The van der Waals surface area contributed by atoms with Crippen LogP contribution in [0.3, 0.4) is 0 Å². The van der Waals surface area contributed by atoms with Gasteiger partial charge in [-0.05, 0) is 24.3 Å². The Bertz CT molecular complexity index is 575. The Morgan fingerprint density at radius 2 is 1.95 bits per heavy atom. The van der Waals surface area contributed by atoms with Crippen molar-refractivity contribution >= 4 is 11.6 Å². The predicted molar refractivity (Wildman–Crippen MR) is 68.3 cm³/mol. The summed E-state index contributed by atoms with van der Waals surface area (Å²) in [5, 5.41) is 10.3. The summed E-state index contributed by atoms with van der Waals surface area (Å²) in [6.07, 6.45) is -1.18. The van der Waals surface area contributed by atoms with Gasteiger partial charge in [0.25, 0.3) is 0 Å². The number of halogens is 3. The van der Waals surface area contributed by atoms with Crippen LogP contribution >= 0.6 is 11.6 Å². The molecular formula is C14H11ClF2O2. The van der Waals surface area contributed by atoms with Crippen LogP contribution in [0.5, 0.6) is 5.75 Å². The summed E-state index contributed by atoms with van der Waals surface area (Å²) in [5.41, 5.74) is -0.0107. The normalized spacial score (nSPS) is 12.2. The molecule has 0 aromatic heterocycles. The molecule has 2 aromatic carbocycles. The second-order valence-electron chi connectivity index (χ2n) is 3.95. The van der Waals surface area contributed by atoms with E-state index in [2.05, 4.69) is 0 Å². The van der Waals surface area contributed by atoms with Crippen LogP contribution in [-0.4, -0.2) is 11.7 Å². The van der Waals surface area contributed by atoms with Crippen LogP contribution < -0.4 is 4.74 Å². The lowest BCUT2D eigenvalue weighted by molar-refractivity contribution is 0.105. The van der Waals surface area contributed by atoms with Crippen molar-refractivity contribution in [3.05, 3.63) is 64.7 Å². The smallest absolute Gasteiger partial charge is 0.132 e. The predicted octanol–water partition coefficient (Wildman–Crippen LogP) is 3.73. The lowest BCUT2D eigenvalue weighted by atomic mass is 10.1. The maximum absolute atomic E-state index is 13.4. The van der Waals surface area contributed by atoms with Gasteiger partial charge in [-0.2, -0.15) is 0 Å². The third-order valence-corrected chi connectivity index (χ3v) is 2.76. The van der Waals surface area contributed by atoms with Crippen molar-refractivity contribution in [3.63, 3.8) is 0 Å². The number of hydrogen-bond donors (Lipinski definition) is 1. The highest BCUT2D eigenvalue weighted by Gasteiger charge is 2.14. The minimum Gasteiger partial charge on any atom is -0.490 e. The van der Waals surface area contributed by atoms with Crippen LogP contribution in [0.15, 0.2) is 42.5 Å². The van der Waals surface area contributed by atoms with Crippen molar-refractivity contribution < 1.29 is 18.6 Å². The molecule has 0 bridgehead atoms. The maximum atomic E-state index is 13.4. The van der Waals surface area contributed by atoms with E-state index in [9.17, 15) is 13.9 Å². The highest BCUT2D eigenvalue weighted by molar-refractivity contribution is 6.30. The van der Waals surface area contributed by atoms with E-state index in [1.807, 2.05) is 0 Å². The quantitative estimate of drug-likeness (QED) is 0.927. The van der Waals surface area contributed by atoms with Gasteiger partial charge in [0.2, 0.25) is 0 Å². The average Bonchev–Trinajstić information content (AvgIpc) is 2.36. The highest BCUT2D eigenvalue weighted by Crippen LogP contribution is 2.21. The fraction of sp³-hybridized carbons (Fsp3) is 0.143. The Hall–Kier alpha value is -1.65. The number of benzene rings is 2. The lowest BCUT2D eigenvalue weighted by Gasteiger charge is -2.13. The first-order valence-corrected chi connectivity index (χ1v) is 5.95. The number of ether oxygens (including phenoxy) is 1. The van der Waals surface area contributed by atoms with E-state index in [0.29, 0.717) is 10.8 Å². The molecule has 19 heavy (non-hydrogen) atoms. The summed E-state index contributed by atoms with van der Waals surface area (Å²) in [4.78, 5) is 0. The zero-order valence-electron chi connectivity index (χ0n) is 9.82. The van der Waals surface area contributed by atoms with Crippen molar-refractivity contribution in [2.24, 2.45) is 0 Å². The molecule has 5 heteroatoms. The van der Waals surface area contributed by atoms with Crippen LogP contribution in [-0.2, 0) is 0 Å². The molecule has 0 heterocycles. The molecule has 0 fully saturated rings. The first-order valence-electron chi connectivity index (χ1n) is 5.57. The van der Waals surface area contributed by atoms with Crippen molar-refractivity contribution in [1.29, 1.82) is 0 Å². The first kappa shape index (κ1) is 13.8. The summed E-state index contributed by atoms with van der Waals surface area (Å²) in [6.45, 7) is -0.150. The van der Waals surface area contributed by atoms with Crippen molar-refractivity contribution in [2.45, 2.75) is 6.10 Å². The molecule has 0 saturated carbocycles. The number of hydrogen-bond acceptors (Lipinski definition) is 2. The van der Waals surface area contributed by atoms with Gasteiger partial charge in [-0.25, -0.2) is 8.78 Å². The van der Waals surface area contributed by atoms with Crippen LogP contribution in [0.4, 0.5) is 8.78 Å². The van der Waals surface area contributed by atoms with E-state index >= 15 is 0 Å². The molecule has 0 saturated heterocycles. The minimum atomic E-state index is -1.18. The molecule has 2 aromatic rings. The summed E-state index contributed by atoms with van der Waals surface area (Å²) in [7, 11) is 0. The van der Waals surface area contributed by atoms with E-state index in [-0.39, 0.29) is 12.2 Å². The fourth-order valence-corrected chi connectivity index (χ4v) is 1.77. The lowest BCUT2D eigenvalue weighted by Crippen LogP contribution is -2.11. The van der Waals surface area contributed by atoms with E-state index in [0.717, 1.165) is 12.1 Å². The zero-order chi connectivity index (χ0) is 13.8. The highest BCUT2D eigenvalue weighted by atomic mass is 35.5. The van der Waals surface area contributed by atoms with Crippen LogP contribution in [0.25, 0.3) is 0 Å². The first-order chi connectivity index (χ1) is 9.06. The van der Waals surface area contributed by atoms with Gasteiger partial charge in [-0.1, -0.05) is 23.7 Å². The second-order valence-corrected chi connectivity index (χ2v) is 4.39. The standard InChI is InChI=1S/C14H11ClF2O2/c15-9-2-1-3-11(6-9)19-8-14(18)12-5-4-10(16)7-13(12)17/h1-7,14,18H,8H2. The Labute approximate surface area is 114 Å². The summed E-state index contributed by atoms with van der Waals surface area (Å²) in [5.74, 6) is -1.03. The molecule has 0 amide bonds. The number of aliphatic hydroxyl groups excluding tert-OH is 1. The molecular weight excluding hydrogens is 274 g/mol. The molecule has 1 N–H and O–H groups in total. The van der Waals surface area contributed by atoms with Crippen LogP contribution in [0.2, 0.25) is 5.02 Å². The largest absolute Gasteiger partial charge is 0.490 e. The second kappa shape index (κ2) is 5.99. The van der Waals surface area contributed by atoms with Gasteiger partial charge in [0.1, 0.15) is 30.1 Å². The zero-order valence-corrected chi connectivity index (χ0v) is 10.6. The third kappa shape index (κ3) is 3.66. The molecule has 100 valence electrons. The van der Waals surface area contributed by atoms with Gasteiger partial charge in [-0.15, -0.1) is 0 Å². The van der Waals surface area contributed by atoms with E-state index in [4.69, 9.17) is 16.3 Å². The molecule has 0 aliphatic heterocycles. The van der Waals surface area contributed by atoms with Gasteiger partial charge in [0, 0.05) is 16.7 Å². The Kier molecular flexibility index (Phi) is 4.35. The van der Waals surface area contributed by atoms with Crippen molar-refractivity contribution in [2.75, 3.05) is 6.61 Å². The van der Waals surface area contributed by atoms with Crippen molar-refractivity contribution in [3.8, 4) is 5.75 Å². The average molecular weight is 285 g/mol. The number of rotatable bonds is 4. The van der Waals surface area contributed by atoms with Crippen LogP contribution in [0.1, 0.15) is 11.7 Å². The van der Waals surface area contributed by atoms with Gasteiger partial charge in [-0.3, -0.25) is 0 Å². The van der Waals surface area contributed by atoms with Gasteiger partial charge < -0.3 is 9.84 Å². The Morgan fingerprint density at radius 3 is 2.63 bits per heavy atom. The molecule has 0 radical (unpaired) electrons. The molecule has 1 unspecified atom stereocenters. The van der Waals surface area contributed by atoms with E-state index < -0.39 is 17.7 Å². The summed E-state index contributed by atoms with van der Waals surface area (Å²) in [6, 6.07) is 9.62. The number of aliphatic hydroxyl groups is 1. The molecule has 2 rings (SSSR count). The maximum Gasteiger partial charge on any atom is 0.132 e. The van der Waals surface area contributed by atoms with Crippen LogP contribution in [0, 0.1) is 11.6 Å². The third-order valence-electron chi connectivity index (χ3n) is 2.53. The fourth-order valence-electron chi connectivity index (χ4n) is 1.59. The minimum absolute atomic E-state index is 0.0107. The Balaban J connectivity index is 2.03. The summed E-state index contributed by atoms with van der Waals surface area (Å²) < 4.78 is 31.4. The molecule has 0 spiro atoms. The van der Waals surface area contributed by atoms with E-state index in [1.54, 1.807) is 24.3 Å². The monoisotopic (exact) mass is 284 g/mol. The van der Waals surface area contributed by atoms with Gasteiger partial charge in [0.15, 0.2) is 0 Å². The molecule has 0 aliphatic carbocycles. The molecule has 1 atom stereocenters. The van der Waals surface area contributed by atoms with Gasteiger partial charge in [0.05, 0.1) is 0 Å². The molecule has 0 aliphatic rings. The summed E-state index contributed by atoms with van der Waals surface area (Å²) >= 11 is 5.78. The van der Waals surface area contributed by atoms with Crippen molar-refractivity contribution in [1.82, 2.24) is 0 Å².